The minimum absolute atomic E-state index is 0.0983. The third-order valence-electron chi connectivity index (χ3n) is 3.35. The van der Waals surface area contributed by atoms with Gasteiger partial charge in [0.1, 0.15) is 5.82 Å². The van der Waals surface area contributed by atoms with Crippen molar-refractivity contribution in [3.05, 3.63) is 23.9 Å². The number of morpholine rings is 1. The van der Waals surface area contributed by atoms with E-state index >= 15 is 0 Å². The average Bonchev–Trinajstić information content (AvgIpc) is 2.28. The Morgan fingerprint density at radius 3 is 2.35 bits per heavy atom. The number of nitrogens with one attached hydrogen (secondary N) is 1. The zero-order chi connectivity index (χ0) is 14.8. The number of aromatic nitrogens is 1. The van der Waals surface area contributed by atoms with Gasteiger partial charge in [-0.1, -0.05) is 6.07 Å². The van der Waals surface area contributed by atoms with E-state index in [0.717, 1.165) is 32.0 Å². The van der Waals surface area contributed by atoms with Gasteiger partial charge < -0.3 is 10.1 Å². The average molecular weight is 277 g/mol. The van der Waals surface area contributed by atoms with E-state index in [1.54, 1.807) is 0 Å². The maximum absolute atomic E-state index is 6.11. The highest BCUT2D eigenvalue weighted by atomic mass is 16.5. The van der Waals surface area contributed by atoms with Gasteiger partial charge in [0.15, 0.2) is 0 Å². The standard InChI is InChI=1S/C16H27N3O/c1-6-17-14-8-7-13(9-18-14)10-19-11-15(2,3)20-16(4,5)12-19/h7-9H,6,10-12H2,1-5H3,(H,17,18). The topological polar surface area (TPSA) is 37.4 Å². The first kappa shape index (κ1) is 15.3. The molecule has 2 rings (SSSR count). The predicted octanol–water partition coefficient (Wildman–Crippen LogP) is 2.90. The van der Waals surface area contributed by atoms with Crippen LogP contribution < -0.4 is 5.32 Å². The summed E-state index contributed by atoms with van der Waals surface area (Å²) in [5, 5.41) is 3.22. The fraction of sp³-hybridized carbons (Fsp3) is 0.688. The van der Waals surface area contributed by atoms with Crippen molar-refractivity contribution in [3.63, 3.8) is 0 Å². The molecule has 1 aromatic heterocycles. The summed E-state index contributed by atoms with van der Waals surface area (Å²) in [5.41, 5.74) is 1.05. The van der Waals surface area contributed by atoms with Gasteiger partial charge in [-0.25, -0.2) is 4.98 Å². The number of pyridine rings is 1. The molecule has 1 N–H and O–H groups in total. The Morgan fingerprint density at radius 2 is 1.85 bits per heavy atom. The number of nitrogens with zero attached hydrogens (tertiary/aromatic N) is 2. The minimum Gasteiger partial charge on any atom is -0.370 e. The van der Waals surface area contributed by atoms with E-state index in [0.29, 0.717) is 0 Å². The van der Waals surface area contributed by atoms with E-state index in [-0.39, 0.29) is 11.2 Å². The van der Waals surface area contributed by atoms with Crippen LogP contribution in [0.15, 0.2) is 18.3 Å². The van der Waals surface area contributed by atoms with Crippen molar-refractivity contribution >= 4 is 5.82 Å². The Kier molecular flexibility index (Phi) is 4.35. The van der Waals surface area contributed by atoms with Gasteiger partial charge in [0.2, 0.25) is 0 Å². The molecule has 112 valence electrons. The zero-order valence-electron chi connectivity index (χ0n) is 13.4. The van der Waals surface area contributed by atoms with Crippen LogP contribution in [-0.4, -0.2) is 40.7 Å². The largest absolute Gasteiger partial charge is 0.370 e. The van der Waals surface area contributed by atoms with Crippen molar-refractivity contribution in [3.8, 4) is 0 Å². The monoisotopic (exact) mass is 277 g/mol. The van der Waals surface area contributed by atoms with Gasteiger partial charge >= 0.3 is 0 Å². The normalized spacial score (nSPS) is 21.6. The molecule has 0 spiro atoms. The summed E-state index contributed by atoms with van der Waals surface area (Å²) >= 11 is 0. The lowest BCUT2D eigenvalue weighted by molar-refractivity contribution is -0.182. The van der Waals surface area contributed by atoms with Crippen molar-refractivity contribution in [2.75, 3.05) is 25.0 Å². The van der Waals surface area contributed by atoms with Crippen LogP contribution in [0, 0.1) is 0 Å². The van der Waals surface area contributed by atoms with Crippen LogP contribution in [0.25, 0.3) is 0 Å². The second-order valence-corrected chi connectivity index (χ2v) is 6.85. The van der Waals surface area contributed by atoms with Gasteiger partial charge in [-0.05, 0) is 46.2 Å². The molecular formula is C16H27N3O. The molecule has 4 heteroatoms. The third-order valence-corrected chi connectivity index (χ3v) is 3.35. The molecule has 1 aliphatic rings. The zero-order valence-corrected chi connectivity index (χ0v) is 13.4. The number of rotatable bonds is 4. The van der Waals surface area contributed by atoms with Gasteiger partial charge in [-0.3, -0.25) is 4.90 Å². The highest BCUT2D eigenvalue weighted by molar-refractivity contribution is 5.35. The lowest BCUT2D eigenvalue weighted by Crippen LogP contribution is -2.56. The molecule has 0 saturated carbocycles. The summed E-state index contributed by atoms with van der Waals surface area (Å²) in [6.07, 6.45) is 1.97. The van der Waals surface area contributed by atoms with Crippen molar-refractivity contribution in [1.29, 1.82) is 0 Å². The highest BCUT2D eigenvalue weighted by Crippen LogP contribution is 2.28. The molecule has 1 saturated heterocycles. The lowest BCUT2D eigenvalue weighted by atomic mass is 9.98. The molecule has 4 nitrogen and oxygen atoms in total. The Balaban J connectivity index is 2.01. The Labute approximate surface area is 122 Å². The summed E-state index contributed by atoms with van der Waals surface area (Å²) < 4.78 is 6.11. The van der Waals surface area contributed by atoms with Gasteiger partial charge in [-0.15, -0.1) is 0 Å². The molecule has 20 heavy (non-hydrogen) atoms. The number of hydrogen-bond donors (Lipinski definition) is 1. The van der Waals surface area contributed by atoms with Crippen LogP contribution in [0.4, 0.5) is 5.82 Å². The summed E-state index contributed by atoms with van der Waals surface area (Å²) in [4.78, 5) is 6.89. The molecule has 1 fully saturated rings. The van der Waals surface area contributed by atoms with E-state index in [1.165, 1.54) is 5.56 Å². The van der Waals surface area contributed by atoms with Gasteiger partial charge in [0, 0.05) is 32.4 Å². The molecule has 1 aromatic rings. The second-order valence-electron chi connectivity index (χ2n) is 6.85. The van der Waals surface area contributed by atoms with Crippen molar-refractivity contribution in [1.82, 2.24) is 9.88 Å². The lowest BCUT2D eigenvalue weighted by Gasteiger charge is -2.47. The SMILES string of the molecule is CCNc1ccc(CN2CC(C)(C)OC(C)(C)C2)cn1. The number of anilines is 1. The van der Waals surface area contributed by atoms with Crippen molar-refractivity contribution in [2.24, 2.45) is 0 Å². The molecule has 0 radical (unpaired) electrons. The molecule has 0 atom stereocenters. The van der Waals surface area contributed by atoms with Crippen LogP contribution in [-0.2, 0) is 11.3 Å². The molecule has 0 aromatic carbocycles. The summed E-state index contributed by atoms with van der Waals surface area (Å²) in [6, 6.07) is 4.20. The molecule has 1 aliphatic heterocycles. The van der Waals surface area contributed by atoms with Crippen LogP contribution >= 0.6 is 0 Å². The van der Waals surface area contributed by atoms with Crippen LogP contribution in [0.1, 0.15) is 40.2 Å². The summed E-state index contributed by atoms with van der Waals surface area (Å²) in [5.74, 6) is 0.943. The Morgan fingerprint density at radius 1 is 1.20 bits per heavy atom. The third kappa shape index (κ3) is 4.18. The second kappa shape index (κ2) is 5.70. The molecule has 0 unspecified atom stereocenters. The Bertz CT molecular complexity index is 424. The van der Waals surface area contributed by atoms with E-state index in [4.69, 9.17) is 4.74 Å². The fourth-order valence-corrected chi connectivity index (χ4v) is 3.12. The van der Waals surface area contributed by atoms with Crippen molar-refractivity contribution < 1.29 is 4.74 Å². The highest BCUT2D eigenvalue weighted by Gasteiger charge is 2.37. The molecular weight excluding hydrogens is 250 g/mol. The van der Waals surface area contributed by atoms with Crippen LogP contribution in [0.3, 0.4) is 0 Å². The molecule has 2 heterocycles. The quantitative estimate of drug-likeness (QED) is 0.918. The summed E-state index contributed by atoms with van der Waals surface area (Å²) in [7, 11) is 0. The number of ether oxygens (including phenoxy) is 1. The van der Waals surface area contributed by atoms with E-state index in [1.807, 2.05) is 6.20 Å². The van der Waals surface area contributed by atoms with Crippen LogP contribution in [0.2, 0.25) is 0 Å². The Hall–Kier alpha value is -1.13. The van der Waals surface area contributed by atoms with Gasteiger partial charge in [0.25, 0.3) is 0 Å². The van der Waals surface area contributed by atoms with E-state index < -0.39 is 0 Å². The molecule has 0 bridgehead atoms. The number of hydrogen-bond acceptors (Lipinski definition) is 4. The van der Waals surface area contributed by atoms with E-state index in [9.17, 15) is 0 Å². The van der Waals surface area contributed by atoms with Gasteiger partial charge in [0.05, 0.1) is 11.2 Å². The smallest absolute Gasteiger partial charge is 0.125 e. The first-order chi connectivity index (χ1) is 9.30. The van der Waals surface area contributed by atoms with Crippen LogP contribution in [0.5, 0.6) is 0 Å². The fourth-order valence-electron chi connectivity index (χ4n) is 3.12. The predicted molar refractivity (Wildman–Crippen MR) is 82.9 cm³/mol. The molecule has 0 aliphatic carbocycles. The maximum Gasteiger partial charge on any atom is 0.125 e. The van der Waals surface area contributed by atoms with Gasteiger partial charge in [-0.2, -0.15) is 0 Å². The van der Waals surface area contributed by atoms with Crippen molar-refractivity contribution in [2.45, 2.75) is 52.4 Å². The summed E-state index contributed by atoms with van der Waals surface area (Å²) in [6.45, 7) is 14.4. The molecule has 0 amide bonds. The van der Waals surface area contributed by atoms with E-state index in [2.05, 4.69) is 62.0 Å². The first-order valence-electron chi connectivity index (χ1n) is 7.41. The maximum atomic E-state index is 6.11. The first-order valence-corrected chi connectivity index (χ1v) is 7.41. The minimum atomic E-state index is -0.0983.